The van der Waals surface area contributed by atoms with Gasteiger partial charge in [0.15, 0.2) is 0 Å². The maximum atomic E-state index is 11.7. The van der Waals surface area contributed by atoms with Gasteiger partial charge in [-0.3, -0.25) is 4.79 Å². The van der Waals surface area contributed by atoms with Crippen LogP contribution in [0.4, 0.5) is 0 Å². The van der Waals surface area contributed by atoms with Crippen molar-refractivity contribution in [3.63, 3.8) is 0 Å². The molecule has 1 aromatic rings. The van der Waals surface area contributed by atoms with E-state index >= 15 is 0 Å². The predicted molar refractivity (Wildman–Crippen MR) is 79.4 cm³/mol. The Morgan fingerprint density at radius 1 is 1.25 bits per heavy atom. The van der Waals surface area contributed by atoms with Crippen LogP contribution in [-0.4, -0.2) is 31.8 Å². The van der Waals surface area contributed by atoms with Gasteiger partial charge in [0.25, 0.3) is 0 Å². The summed E-state index contributed by atoms with van der Waals surface area (Å²) in [7, 11) is 0. The standard InChI is InChI=1S/C16H25NO3/c1-3-17-15(13-19-4-2)10-11-16(18)20-12-14-8-6-5-7-9-14/h5-9,15,17H,3-4,10-13H2,1-2H3/t15-/m0/s1. The molecule has 112 valence electrons. The fourth-order valence-corrected chi connectivity index (χ4v) is 1.90. The third kappa shape index (κ3) is 7.26. The highest BCUT2D eigenvalue weighted by atomic mass is 16.5. The van der Waals surface area contributed by atoms with Crippen molar-refractivity contribution >= 4 is 5.97 Å². The lowest BCUT2D eigenvalue weighted by atomic mass is 10.1. The van der Waals surface area contributed by atoms with E-state index < -0.39 is 0 Å². The molecule has 1 N–H and O–H groups in total. The summed E-state index contributed by atoms with van der Waals surface area (Å²) < 4.78 is 10.6. The number of rotatable bonds is 10. The van der Waals surface area contributed by atoms with Gasteiger partial charge < -0.3 is 14.8 Å². The molecule has 0 unspecified atom stereocenters. The number of carbonyl (C=O) groups is 1. The Labute approximate surface area is 121 Å². The fourth-order valence-electron chi connectivity index (χ4n) is 1.90. The van der Waals surface area contributed by atoms with E-state index in [1.54, 1.807) is 0 Å². The molecular formula is C16H25NO3. The van der Waals surface area contributed by atoms with Crippen LogP contribution in [0.2, 0.25) is 0 Å². The van der Waals surface area contributed by atoms with Crippen LogP contribution in [0.15, 0.2) is 30.3 Å². The summed E-state index contributed by atoms with van der Waals surface area (Å²) in [6.07, 6.45) is 1.15. The molecule has 0 radical (unpaired) electrons. The molecule has 0 aromatic heterocycles. The molecule has 4 heteroatoms. The minimum Gasteiger partial charge on any atom is -0.461 e. The Bertz CT molecular complexity index is 367. The molecule has 0 spiro atoms. The van der Waals surface area contributed by atoms with E-state index in [1.807, 2.05) is 44.2 Å². The summed E-state index contributed by atoms with van der Waals surface area (Å²) in [5.74, 6) is -0.159. The molecule has 0 bridgehead atoms. The largest absolute Gasteiger partial charge is 0.461 e. The van der Waals surface area contributed by atoms with Crippen LogP contribution in [-0.2, 0) is 20.9 Å². The van der Waals surface area contributed by atoms with Crippen molar-refractivity contribution in [2.45, 2.75) is 39.3 Å². The maximum Gasteiger partial charge on any atom is 0.306 e. The van der Waals surface area contributed by atoms with Gasteiger partial charge in [-0.1, -0.05) is 37.3 Å². The van der Waals surface area contributed by atoms with Crippen LogP contribution in [0.3, 0.4) is 0 Å². The van der Waals surface area contributed by atoms with Gasteiger partial charge in [-0.05, 0) is 25.5 Å². The number of nitrogens with one attached hydrogen (secondary N) is 1. The van der Waals surface area contributed by atoms with Gasteiger partial charge in [0.2, 0.25) is 0 Å². The van der Waals surface area contributed by atoms with Crippen LogP contribution in [0, 0.1) is 0 Å². The first-order valence-corrected chi connectivity index (χ1v) is 7.27. The van der Waals surface area contributed by atoms with Crippen molar-refractivity contribution in [1.29, 1.82) is 0 Å². The summed E-state index contributed by atoms with van der Waals surface area (Å²) in [5, 5.41) is 3.31. The highest BCUT2D eigenvalue weighted by Crippen LogP contribution is 2.04. The highest BCUT2D eigenvalue weighted by molar-refractivity contribution is 5.69. The molecule has 0 fully saturated rings. The number of carbonyl (C=O) groups excluding carboxylic acids is 1. The van der Waals surface area contributed by atoms with Crippen LogP contribution in [0.5, 0.6) is 0 Å². The Hall–Kier alpha value is -1.39. The SMILES string of the molecule is CCN[C@@H](CCC(=O)OCc1ccccc1)COCC. The zero-order chi connectivity index (χ0) is 14.6. The smallest absolute Gasteiger partial charge is 0.306 e. The molecule has 0 saturated carbocycles. The van der Waals surface area contributed by atoms with Crippen molar-refractivity contribution < 1.29 is 14.3 Å². The summed E-state index contributed by atoms with van der Waals surface area (Å²) >= 11 is 0. The molecule has 1 aromatic carbocycles. The third-order valence-corrected chi connectivity index (χ3v) is 2.96. The number of hydrogen-bond acceptors (Lipinski definition) is 4. The van der Waals surface area contributed by atoms with Gasteiger partial charge in [0.1, 0.15) is 6.61 Å². The molecule has 0 saturated heterocycles. The van der Waals surface area contributed by atoms with Crippen molar-refractivity contribution in [3.8, 4) is 0 Å². The average Bonchev–Trinajstić information content (AvgIpc) is 2.49. The number of ether oxygens (including phenoxy) is 2. The average molecular weight is 279 g/mol. The lowest BCUT2D eigenvalue weighted by Crippen LogP contribution is -2.34. The van der Waals surface area contributed by atoms with Crippen LogP contribution in [0.25, 0.3) is 0 Å². The minimum atomic E-state index is -0.159. The van der Waals surface area contributed by atoms with Gasteiger partial charge in [0.05, 0.1) is 6.61 Å². The molecule has 0 heterocycles. The van der Waals surface area contributed by atoms with Crippen molar-refractivity contribution in [1.82, 2.24) is 5.32 Å². The number of hydrogen-bond donors (Lipinski definition) is 1. The van der Waals surface area contributed by atoms with Crippen molar-refractivity contribution in [2.24, 2.45) is 0 Å². The quantitative estimate of drug-likeness (QED) is 0.669. The number of likely N-dealkylation sites (N-methyl/N-ethyl adjacent to an activating group) is 1. The second-order valence-corrected chi connectivity index (χ2v) is 4.60. The van der Waals surface area contributed by atoms with Crippen molar-refractivity contribution in [2.75, 3.05) is 19.8 Å². The zero-order valence-electron chi connectivity index (χ0n) is 12.4. The molecule has 1 atom stereocenters. The van der Waals surface area contributed by atoms with E-state index in [0.29, 0.717) is 26.2 Å². The van der Waals surface area contributed by atoms with Gasteiger partial charge in [-0.25, -0.2) is 0 Å². The first-order chi connectivity index (χ1) is 9.76. The van der Waals surface area contributed by atoms with E-state index in [4.69, 9.17) is 9.47 Å². The van der Waals surface area contributed by atoms with Gasteiger partial charge in [-0.15, -0.1) is 0 Å². The molecule has 0 aliphatic heterocycles. The van der Waals surface area contributed by atoms with Gasteiger partial charge in [-0.2, -0.15) is 0 Å². The summed E-state index contributed by atoms with van der Waals surface area (Å²) in [6.45, 7) is 6.56. The zero-order valence-corrected chi connectivity index (χ0v) is 12.4. The monoisotopic (exact) mass is 279 g/mol. The summed E-state index contributed by atoms with van der Waals surface area (Å²) in [4.78, 5) is 11.7. The topological polar surface area (TPSA) is 47.6 Å². The highest BCUT2D eigenvalue weighted by Gasteiger charge is 2.11. The first kappa shape index (κ1) is 16.7. The predicted octanol–water partition coefficient (Wildman–Crippen LogP) is 2.52. The molecule has 1 rings (SSSR count). The molecule has 0 aliphatic carbocycles. The Kier molecular flexibility index (Phi) is 8.67. The van der Waals surface area contributed by atoms with E-state index in [2.05, 4.69) is 5.32 Å². The minimum absolute atomic E-state index is 0.159. The molecule has 4 nitrogen and oxygen atoms in total. The lowest BCUT2D eigenvalue weighted by molar-refractivity contribution is -0.145. The lowest BCUT2D eigenvalue weighted by Gasteiger charge is -2.17. The summed E-state index contributed by atoms with van der Waals surface area (Å²) in [5.41, 5.74) is 1.01. The molecule has 20 heavy (non-hydrogen) atoms. The summed E-state index contributed by atoms with van der Waals surface area (Å²) in [6, 6.07) is 9.93. The molecule has 0 amide bonds. The second-order valence-electron chi connectivity index (χ2n) is 4.60. The van der Waals surface area contributed by atoms with E-state index in [0.717, 1.165) is 18.5 Å². The third-order valence-electron chi connectivity index (χ3n) is 2.96. The Balaban J connectivity index is 2.23. The van der Waals surface area contributed by atoms with Gasteiger partial charge in [0, 0.05) is 19.1 Å². The Morgan fingerprint density at radius 2 is 2.00 bits per heavy atom. The van der Waals surface area contributed by atoms with Crippen molar-refractivity contribution in [3.05, 3.63) is 35.9 Å². The fraction of sp³-hybridized carbons (Fsp3) is 0.562. The van der Waals surface area contributed by atoms with Crippen LogP contribution < -0.4 is 5.32 Å². The number of esters is 1. The number of benzene rings is 1. The van der Waals surface area contributed by atoms with E-state index in [1.165, 1.54) is 0 Å². The van der Waals surface area contributed by atoms with Gasteiger partial charge >= 0.3 is 5.97 Å². The van der Waals surface area contributed by atoms with Crippen LogP contribution >= 0.6 is 0 Å². The first-order valence-electron chi connectivity index (χ1n) is 7.27. The van der Waals surface area contributed by atoms with E-state index in [-0.39, 0.29) is 12.0 Å². The van der Waals surface area contributed by atoms with E-state index in [9.17, 15) is 4.79 Å². The second kappa shape index (κ2) is 10.4. The van der Waals surface area contributed by atoms with Crippen LogP contribution in [0.1, 0.15) is 32.3 Å². The Morgan fingerprint density at radius 3 is 2.65 bits per heavy atom. The normalized spacial score (nSPS) is 12.1. The molecule has 0 aliphatic rings. The maximum absolute atomic E-state index is 11.7. The molecular weight excluding hydrogens is 254 g/mol.